The number of ether oxygens (including phenoxy) is 1. The SMILES string of the molecule is COC1CCC2(CC1)Cc1ccc(Br)cc1C21NC(=O)NC1=O. The minimum atomic E-state index is -0.943. The lowest BCUT2D eigenvalue weighted by atomic mass is 9.61. The van der Waals surface area contributed by atoms with Gasteiger partial charge in [0.05, 0.1) is 6.10 Å². The Balaban J connectivity index is 1.85. The van der Waals surface area contributed by atoms with Crippen molar-refractivity contribution < 1.29 is 14.3 Å². The molecule has 0 aromatic heterocycles. The lowest BCUT2D eigenvalue weighted by molar-refractivity contribution is -0.131. The van der Waals surface area contributed by atoms with Crippen molar-refractivity contribution in [3.05, 3.63) is 33.8 Å². The summed E-state index contributed by atoms with van der Waals surface area (Å²) in [7, 11) is 1.74. The van der Waals surface area contributed by atoms with Crippen LogP contribution in [-0.4, -0.2) is 25.2 Å². The summed E-state index contributed by atoms with van der Waals surface area (Å²) in [6.45, 7) is 0. The van der Waals surface area contributed by atoms with Gasteiger partial charge in [0.1, 0.15) is 0 Å². The van der Waals surface area contributed by atoms with Crippen LogP contribution in [0.15, 0.2) is 22.7 Å². The molecule has 5 nitrogen and oxygen atoms in total. The van der Waals surface area contributed by atoms with Crippen LogP contribution in [0.25, 0.3) is 0 Å². The summed E-state index contributed by atoms with van der Waals surface area (Å²) in [5, 5.41) is 5.47. The van der Waals surface area contributed by atoms with Crippen molar-refractivity contribution in [3.8, 4) is 0 Å². The second kappa shape index (κ2) is 5.05. The molecule has 1 aliphatic heterocycles. The van der Waals surface area contributed by atoms with E-state index in [-0.39, 0.29) is 17.4 Å². The summed E-state index contributed by atoms with van der Waals surface area (Å²) in [5.41, 5.74) is 0.885. The Morgan fingerprint density at radius 2 is 2.00 bits per heavy atom. The van der Waals surface area contributed by atoms with Gasteiger partial charge in [-0.2, -0.15) is 0 Å². The van der Waals surface area contributed by atoms with Gasteiger partial charge >= 0.3 is 6.03 Å². The van der Waals surface area contributed by atoms with Crippen molar-refractivity contribution in [1.82, 2.24) is 10.6 Å². The second-order valence-electron chi connectivity index (χ2n) is 6.85. The number of carbonyl (C=O) groups is 2. The number of methoxy groups -OCH3 is 1. The standard InChI is InChI=1S/C17H19BrN2O3/c1-23-12-4-6-16(7-5-12)9-10-2-3-11(18)8-13(10)17(16)14(21)19-15(22)20-17/h2-3,8,12H,4-7,9H2,1H3,(H2,19,20,21,22). The molecule has 2 aliphatic carbocycles. The van der Waals surface area contributed by atoms with Gasteiger partial charge in [0.25, 0.3) is 5.91 Å². The third-order valence-corrected chi connectivity index (χ3v) is 6.39. The highest BCUT2D eigenvalue weighted by molar-refractivity contribution is 9.10. The van der Waals surface area contributed by atoms with E-state index < -0.39 is 11.6 Å². The van der Waals surface area contributed by atoms with E-state index in [9.17, 15) is 9.59 Å². The van der Waals surface area contributed by atoms with Gasteiger partial charge in [-0.05, 0) is 55.4 Å². The third kappa shape index (κ3) is 1.94. The maximum atomic E-state index is 12.9. The Morgan fingerprint density at radius 3 is 2.61 bits per heavy atom. The van der Waals surface area contributed by atoms with Crippen molar-refractivity contribution in [2.75, 3.05) is 7.11 Å². The number of urea groups is 1. The number of nitrogens with one attached hydrogen (secondary N) is 2. The average Bonchev–Trinajstić information content (AvgIpc) is 2.97. The molecule has 1 aromatic carbocycles. The van der Waals surface area contributed by atoms with Crippen LogP contribution in [0.3, 0.4) is 0 Å². The van der Waals surface area contributed by atoms with Crippen LogP contribution in [0.1, 0.15) is 36.8 Å². The Bertz CT molecular complexity index is 697. The zero-order chi connectivity index (χ0) is 16.2. The molecular weight excluding hydrogens is 360 g/mol. The highest BCUT2D eigenvalue weighted by atomic mass is 79.9. The van der Waals surface area contributed by atoms with Crippen molar-refractivity contribution in [1.29, 1.82) is 0 Å². The molecule has 1 atom stereocenters. The van der Waals surface area contributed by atoms with Crippen LogP contribution >= 0.6 is 15.9 Å². The number of halogens is 1. The largest absolute Gasteiger partial charge is 0.381 e. The second-order valence-corrected chi connectivity index (χ2v) is 7.77. The normalized spacial score (nSPS) is 35.5. The molecule has 3 amide bonds. The third-order valence-electron chi connectivity index (χ3n) is 5.89. The van der Waals surface area contributed by atoms with Gasteiger partial charge in [-0.25, -0.2) is 4.79 Å². The number of imide groups is 1. The van der Waals surface area contributed by atoms with Crippen LogP contribution in [-0.2, 0) is 21.5 Å². The molecule has 1 saturated heterocycles. The van der Waals surface area contributed by atoms with Crippen LogP contribution in [0.4, 0.5) is 4.79 Å². The molecule has 2 N–H and O–H groups in total. The van der Waals surface area contributed by atoms with Crippen molar-refractivity contribution in [2.45, 2.75) is 43.7 Å². The monoisotopic (exact) mass is 378 g/mol. The van der Waals surface area contributed by atoms with E-state index in [1.54, 1.807) is 7.11 Å². The summed E-state index contributed by atoms with van der Waals surface area (Å²) in [6.07, 6.45) is 4.62. The molecule has 2 fully saturated rings. The van der Waals surface area contributed by atoms with Crippen LogP contribution in [0.5, 0.6) is 0 Å². The molecule has 122 valence electrons. The van der Waals surface area contributed by atoms with E-state index in [1.807, 2.05) is 12.1 Å². The van der Waals surface area contributed by atoms with Crippen LogP contribution < -0.4 is 10.6 Å². The zero-order valence-corrected chi connectivity index (χ0v) is 14.5. The summed E-state index contributed by atoms with van der Waals surface area (Å²) < 4.78 is 6.42. The lowest BCUT2D eigenvalue weighted by Gasteiger charge is -2.46. The first-order valence-corrected chi connectivity index (χ1v) is 8.75. The van der Waals surface area contributed by atoms with Crippen LogP contribution in [0, 0.1) is 5.41 Å². The molecule has 6 heteroatoms. The van der Waals surface area contributed by atoms with E-state index in [1.165, 1.54) is 0 Å². The summed E-state index contributed by atoms with van der Waals surface area (Å²) >= 11 is 3.50. The van der Waals surface area contributed by atoms with Gasteiger partial charge < -0.3 is 10.1 Å². The molecule has 23 heavy (non-hydrogen) atoms. The fourth-order valence-corrected chi connectivity index (χ4v) is 5.15. The Kier molecular flexibility index (Phi) is 3.32. The first kappa shape index (κ1) is 15.1. The number of rotatable bonds is 1. The van der Waals surface area contributed by atoms with E-state index in [2.05, 4.69) is 32.6 Å². The van der Waals surface area contributed by atoms with E-state index in [0.717, 1.165) is 47.7 Å². The van der Waals surface area contributed by atoms with Gasteiger partial charge in [-0.15, -0.1) is 0 Å². The Labute approximate surface area is 143 Å². The fraction of sp³-hybridized carbons (Fsp3) is 0.529. The zero-order valence-electron chi connectivity index (χ0n) is 12.9. The molecule has 1 aromatic rings. The number of benzene rings is 1. The molecule has 0 bridgehead atoms. The predicted octanol–water partition coefficient (Wildman–Crippen LogP) is 2.62. The number of fused-ring (bicyclic) bond motifs is 3. The molecule has 1 unspecified atom stereocenters. The predicted molar refractivity (Wildman–Crippen MR) is 87.9 cm³/mol. The maximum Gasteiger partial charge on any atom is 0.322 e. The van der Waals surface area contributed by atoms with Gasteiger partial charge in [0.2, 0.25) is 0 Å². The average molecular weight is 379 g/mol. The summed E-state index contributed by atoms with van der Waals surface area (Å²) in [4.78, 5) is 24.8. The summed E-state index contributed by atoms with van der Waals surface area (Å²) in [5.74, 6) is -0.213. The molecule has 2 spiro atoms. The minimum Gasteiger partial charge on any atom is -0.381 e. The minimum absolute atomic E-state index is 0.213. The molecule has 3 aliphatic rings. The highest BCUT2D eigenvalue weighted by Gasteiger charge is 2.66. The molecule has 1 saturated carbocycles. The molecule has 0 radical (unpaired) electrons. The van der Waals surface area contributed by atoms with Gasteiger partial charge in [-0.3, -0.25) is 10.1 Å². The Hall–Kier alpha value is -1.40. The van der Waals surface area contributed by atoms with E-state index in [0.29, 0.717) is 0 Å². The van der Waals surface area contributed by atoms with Crippen molar-refractivity contribution in [2.24, 2.45) is 5.41 Å². The van der Waals surface area contributed by atoms with Gasteiger partial charge in [0.15, 0.2) is 5.54 Å². The molecule has 4 rings (SSSR count). The van der Waals surface area contributed by atoms with Crippen LogP contribution in [0.2, 0.25) is 0 Å². The molecular formula is C17H19BrN2O3. The highest BCUT2D eigenvalue weighted by Crippen LogP contribution is 2.59. The van der Waals surface area contributed by atoms with Crippen molar-refractivity contribution >= 4 is 27.9 Å². The number of carbonyl (C=O) groups excluding carboxylic acids is 2. The number of amides is 3. The first-order chi connectivity index (χ1) is 11.0. The van der Waals surface area contributed by atoms with Crippen molar-refractivity contribution in [3.63, 3.8) is 0 Å². The van der Waals surface area contributed by atoms with Gasteiger partial charge in [-0.1, -0.05) is 22.0 Å². The smallest absolute Gasteiger partial charge is 0.322 e. The first-order valence-electron chi connectivity index (χ1n) is 7.96. The maximum absolute atomic E-state index is 12.9. The van der Waals surface area contributed by atoms with E-state index in [4.69, 9.17) is 4.74 Å². The fourth-order valence-electron chi connectivity index (χ4n) is 4.78. The van der Waals surface area contributed by atoms with E-state index >= 15 is 0 Å². The summed E-state index contributed by atoms with van der Waals surface area (Å²) in [6, 6.07) is 5.66. The number of hydrogen-bond donors (Lipinski definition) is 2. The van der Waals surface area contributed by atoms with Gasteiger partial charge in [0, 0.05) is 17.0 Å². The lowest BCUT2D eigenvalue weighted by Crippen LogP contribution is -2.56. The Morgan fingerprint density at radius 1 is 1.26 bits per heavy atom. The number of hydrogen-bond acceptors (Lipinski definition) is 3. The topological polar surface area (TPSA) is 67.4 Å². The molecule has 1 heterocycles. The quantitative estimate of drug-likeness (QED) is 0.738.